The van der Waals surface area contributed by atoms with Gasteiger partial charge in [0.2, 0.25) is 5.95 Å². The number of aliphatic carboxylic acids is 1. The Morgan fingerprint density at radius 3 is 3.00 bits per heavy atom. The number of methoxy groups -OCH3 is 1. The van der Waals surface area contributed by atoms with Gasteiger partial charge in [-0.1, -0.05) is 22.8 Å². The molecule has 0 saturated carbocycles. The van der Waals surface area contributed by atoms with Gasteiger partial charge in [0.15, 0.2) is 0 Å². The maximum Gasteiger partial charge on any atom is 0.352 e. The Bertz CT molecular complexity index is 742. The normalized spacial score (nSPS) is 16.7. The summed E-state index contributed by atoms with van der Waals surface area (Å²) in [5, 5.41) is 23.4. The number of hydrogen-bond acceptors (Lipinski definition) is 6. The molecule has 1 aliphatic heterocycles. The number of carboxylic acids is 1. The first-order chi connectivity index (χ1) is 10.1. The third-order valence-corrected chi connectivity index (χ3v) is 3.37. The van der Waals surface area contributed by atoms with E-state index in [4.69, 9.17) is 21.4 Å². The van der Waals surface area contributed by atoms with Crippen LogP contribution in [-0.2, 0) is 4.79 Å². The number of aromatic nitrogens is 4. The molecule has 2 aromatic rings. The number of rotatable bonds is 3. The molecule has 0 fully saturated rings. The molecule has 1 atom stereocenters. The highest BCUT2D eigenvalue weighted by atomic mass is 35.5. The molecule has 2 heterocycles. The Balaban J connectivity index is 2.08. The van der Waals surface area contributed by atoms with Crippen LogP contribution in [0, 0.1) is 0 Å². The summed E-state index contributed by atoms with van der Waals surface area (Å²) in [5.41, 5.74) is 0.754. The number of carboxylic acid groups (broad SMARTS) is 1. The van der Waals surface area contributed by atoms with E-state index < -0.39 is 12.0 Å². The second-order valence-corrected chi connectivity index (χ2v) is 4.70. The van der Waals surface area contributed by atoms with Crippen LogP contribution in [0.1, 0.15) is 11.6 Å². The van der Waals surface area contributed by atoms with E-state index in [0.717, 1.165) is 5.56 Å². The quantitative estimate of drug-likeness (QED) is 0.881. The third-order valence-electron chi connectivity index (χ3n) is 3.08. The van der Waals surface area contributed by atoms with Gasteiger partial charge < -0.3 is 15.2 Å². The first kappa shape index (κ1) is 13.4. The van der Waals surface area contributed by atoms with Gasteiger partial charge in [0.05, 0.1) is 12.1 Å². The van der Waals surface area contributed by atoms with Gasteiger partial charge in [-0.25, -0.2) is 4.79 Å². The van der Waals surface area contributed by atoms with Gasteiger partial charge in [-0.2, -0.15) is 4.68 Å². The van der Waals surface area contributed by atoms with Crippen molar-refractivity contribution in [1.29, 1.82) is 0 Å². The predicted molar refractivity (Wildman–Crippen MR) is 73.3 cm³/mol. The molecular formula is C12H10ClN5O3. The Kier molecular flexibility index (Phi) is 3.22. The second kappa shape index (κ2) is 5.06. The van der Waals surface area contributed by atoms with Gasteiger partial charge in [0.1, 0.15) is 17.5 Å². The summed E-state index contributed by atoms with van der Waals surface area (Å²) in [6.45, 7) is 0. The number of halogens is 1. The number of nitrogens with one attached hydrogen (secondary N) is 1. The van der Waals surface area contributed by atoms with Crippen LogP contribution < -0.4 is 10.1 Å². The summed E-state index contributed by atoms with van der Waals surface area (Å²) in [4.78, 5) is 11.2. The molecule has 0 aliphatic carbocycles. The molecule has 0 spiro atoms. The predicted octanol–water partition coefficient (Wildman–Crippen LogP) is 1.32. The molecule has 1 aromatic carbocycles. The summed E-state index contributed by atoms with van der Waals surface area (Å²) < 4.78 is 6.58. The van der Waals surface area contributed by atoms with Crippen molar-refractivity contribution in [2.75, 3.05) is 12.4 Å². The highest BCUT2D eigenvalue weighted by molar-refractivity contribution is 6.32. The molecule has 0 radical (unpaired) electrons. The zero-order chi connectivity index (χ0) is 15.0. The van der Waals surface area contributed by atoms with Gasteiger partial charge in [0, 0.05) is 0 Å². The fourth-order valence-electron chi connectivity index (χ4n) is 2.08. The lowest BCUT2D eigenvalue weighted by Gasteiger charge is -2.21. The van der Waals surface area contributed by atoms with Gasteiger partial charge in [-0.3, -0.25) is 0 Å². The molecule has 9 heteroatoms. The molecule has 108 valence electrons. The van der Waals surface area contributed by atoms with Crippen LogP contribution in [0.15, 0.2) is 30.0 Å². The zero-order valence-corrected chi connectivity index (χ0v) is 11.6. The van der Waals surface area contributed by atoms with Crippen molar-refractivity contribution >= 4 is 23.5 Å². The standard InChI is InChI=1S/C12H10ClN5O3/c1-21-10-3-2-6(4-7(10)13)9-5-8(11(19)20)14-12-15-16-17-18(9)12/h2-5,9H,1H3,(H,19,20)(H,14,15,17). The van der Waals surface area contributed by atoms with Gasteiger partial charge >= 0.3 is 5.97 Å². The summed E-state index contributed by atoms with van der Waals surface area (Å²) in [5.74, 6) is -0.297. The first-order valence-electron chi connectivity index (χ1n) is 5.93. The Morgan fingerprint density at radius 1 is 1.52 bits per heavy atom. The van der Waals surface area contributed by atoms with E-state index in [2.05, 4.69) is 20.8 Å². The van der Waals surface area contributed by atoms with Crippen LogP contribution in [0.5, 0.6) is 5.75 Å². The molecule has 0 saturated heterocycles. The molecule has 21 heavy (non-hydrogen) atoms. The number of anilines is 1. The number of carbonyl (C=O) groups is 1. The van der Waals surface area contributed by atoms with E-state index in [0.29, 0.717) is 10.8 Å². The van der Waals surface area contributed by atoms with Crippen molar-refractivity contribution in [3.63, 3.8) is 0 Å². The smallest absolute Gasteiger partial charge is 0.352 e. The molecule has 0 amide bonds. The monoisotopic (exact) mass is 307 g/mol. The van der Waals surface area contributed by atoms with Crippen molar-refractivity contribution in [1.82, 2.24) is 20.2 Å². The Hall–Kier alpha value is -2.61. The minimum atomic E-state index is -1.09. The summed E-state index contributed by atoms with van der Waals surface area (Å²) in [7, 11) is 1.52. The fourth-order valence-corrected chi connectivity index (χ4v) is 2.35. The minimum Gasteiger partial charge on any atom is -0.495 e. The average molecular weight is 308 g/mol. The summed E-state index contributed by atoms with van der Waals surface area (Å²) >= 11 is 6.11. The summed E-state index contributed by atoms with van der Waals surface area (Å²) in [6, 6.07) is 4.71. The molecule has 1 aliphatic rings. The lowest BCUT2D eigenvalue weighted by Crippen LogP contribution is -2.24. The van der Waals surface area contributed by atoms with Crippen molar-refractivity contribution in [3.05, 3.63) is 40.6 Å². The van der Waals surface area contributed by atoms with Gasteiger partial charge in [-0.05, 0) is 34.2 Å². The highest BCUT2D eigenvalue weighted by Crippen LogP contribution is 2.32. The number of benzene rings is 1. The molecule has 2 N–H and O–H groups in total. The van der Waals surface area contributed by atoms with Crippen molar-refractivity contribution in [3.8, 4) is 5.75 Å². The van der Waals surface area contributed by atoms with Crippen molar-refractivity contribution < 1.29 is 14.6 Å². The molecule has 0 bridgehead atoms. The van der Waals surface area contributed by atoms with E-state index in [1.807, 2.05) is 0 Å². The Morgan fingerprint density at radius 2 is 2.33 bits per heavy atom. The molecule has 1 unspecified atom stereocenters. The number of allylic oxidation sites excluding steroid dienone is 1. The number of hydrogen-bond donors (Lipinski definition) is 2. The number of tetrazole rings is 1. The number of fused-ring (bicyclic) bond motifs is 1. The van der Waals surface area contributed by atoms with Crippen LogP contribution in [0.25, 0.3) is 0 Å². The van der Waals surface area contributed by atoms with Gasteiger partial charge in [-0.15, -0.1) is 0 Å². The third kappa shape index (κ3) is 2.29. The SMILES string of the molecule is COc1ccc(C2C=C(C(=O)O)Nc3nnnn32)cc1Cl. The fraction of sp³-hybridized carbons (Fsp3) is 0.167. The molecule has 3 rings (SSSR count). The van der Waals surface area contributed by atoms with Gasteiger partial charge in [0.25, 0.3) is 0 Å². The van der Waals surface area contributed by atoms with Crippen LogP contribution in [-0.4, -0.2) is 38.4 Å². The van der Waals surface area contributed by atoms with E-state index in [1.54, 1.807) is 18.2 Å². The van der Waals surface area contributed by atoms with E-state index in [9.17, 15) is 4.79 Å². The topological polar surface area (TPSA) is 102 Å². The largest absolute Gasteiger partial charge is 0.495 e. The van der Waals surface area contributed by atoms with E-state index >= 15 is 0 Å². The van der Waals surface area contributed by atoms with Crippen LogP contribution in [0.4, 0.5) is 5.95 Å². The number of nitrogens with zero attached hydrogens (tertiary/aromatic N) is 4. The minimum absolute atomic E-state index is 0.00856. The lowest BCUT2D eigenvalue weighted by molar-refractivity contribution is -0.132. The Labute approximate surface area is 124 Å². The maximum absolute atomic E-state index is 11.2. The average Bonchev–Trinajstić information content (AvgIpc) is 2.94. The van der Waals surface area contributed by atoms with Crippen molar-refractivity contribution in [2.45, 2.75) is 6.04 Å². The summed E-state index contributed by atoms with van der Waals surface area (Å²) in [6.07, 6.45) is 1.52. The highest BCUT2D eigenvalue weighted by Gasteiger charge is 2.26. The number of ether oxygens (including phenoxy) is 1. The van der Waals surface area contributed by atoms with Crippen molar-refractivity contribution in [2.24, 2.45) is 0 Å². The van der Waals surface area contributed by atoms with Crippen LogP contribution >= 0.6 is 11.6 Å². The lowest BCUT2D eigenvalue weighted by atomic mass is 10.0. The van der Waals surface area contributed by atoms with E-state index in [-0.39, 0.29) is 11.6 Å². The first-order valence-corrected chi connectivity index (χ1v) is 6.31. The van der Waals surface area contributed by atoms with Crippen LogP contribution in [0.3, 0.4) is 0 Å². The van der Waals surface area contributed by atoms with Crippen LogP contribution in [0.2, 0.25) is 5.02 Å². The molecular weight excluding hydrogens is 298 g/mol. The molecule has 8 nitrogen and oxygen atoms in total. The van der Waals surface area contributed by atoms with E-state index in [1.165, 1.54) is 17.9 Å². The molecule has 1 aromatic heterocycles. The second-order valence-electron chi connectivity index (χ2n) is 4.30. The maximum atomic E-state index is 11.2. The zero-order valence-electron chi connectivity index (χ0n) is 10.8.